The average molecular weight is 324 g/mol. The molecule has 1 atom stereocenters. The fourth-order valence-corrected chi connectivity index (χ4v) is 1.11. The molecule has 0 aliphatic heterocycles. The number of aliphatic hydroxyl groups is 2. The van der Waals surface area contributed by atoms with Crippen LogP contribution in [0.4, 0.5) is 0 Å². The molecule has 0 aromatic rings. The van der Waals surface area contributed by atoms with Crippen LogP contribution in [0.2, 0.25) is 0 Å². The molecule has 22 heavy (non-hydrogen) atoms. The molecular weight excluding hydrogens is 300 g/mol. The highest BCUT2D eigenvalue weighted by atomic mass is 16.6. The highest BCUT2D eigenvalue weighted by Crippen LogP contribution is 1.89. The SMILES string of the molecule is CC(O)C(=O)OCC(=O)OCCOCCOCCOCCO. The van der Waals surface area contributed by atoms with E-state index >= 15 is 0 Å². The molecule has 0 fully saturated rings. The maximum absolute atomic E-state index is 11.1. The molecule has 0 saturated carbocycles. The first-order chi connectivity index (χ1) is 10.6. The van der Waals surface area contributed by atoms with Gasteiger partial charge in [0.1, 0.15) is 12.7 Å². The molecule has 2 N–H and O–H groups in total. The Morgan fingerprint density at radius 2 is 1.36 bits per heavy atom. The van der Waals surface area contributed by atoms with Crippen molar-refractivity contribution in [3.63, 3.8) is 0 Å². The Morgan fingerprint density at radius 1 is 0.864 bits per heavy atom. The number of esters is 2. The van der Waals surface area contributed by atoms with Crippen molar-refractivity contribution < 1.29 is 43.5 Å². The van der Waals surface area contributed by atoms with Crippen LogP contribution in [0.3, 0.4) is 0 Å². The summed E-state index contributed by atoms with van der Waals surface area (Å²) < 4.78 is 24.5. The van der Waals surface area contributed by atoms with Crippen molar-refractivity contribution in [2.45, 2.75) is 13.0 Å². The summed E-state index contributed by atoms with van der Waals surface area (Å²) in [7, 11) is 0. The van der Waals surface area contributed by atoms with E-state index in [-0.39, 0.29) is 26.4 Å². The van der Waals surface area contributed by atoms with Crippen molar-refractivity contribution in [3.8, 4) is 0 Å². The molecule has 0 spiro atoms. The lowest BCUT2D eigenvalue weighted by atomic mass is 10.4. The molecule has 0 aromatic carbocycles. The number of hydrogen-bond donors (Lipinski definition) is 2. The smallest absolute Gasteiger partial charge is 0.344 e. The molecule has 0 amide bonds. The van der Waals surface area contributed by atoms with Crippen LogP contribution in [-0.2, 0) is 33.3 Å². The zero-order chi connectivity index (χ0) is 16.6. The largest absolute Gasteiger partial charge is 0.461 e. The first-order valence-corrected chi connectivity index (χ1v) is 6.92. The van der Waals surface area contributed by atoms with Gasteiger partial charge in [0.25, 0.3) is 0 Å². The Balaban J connectivity index is 3.25. The highest BCUT2D eigenvalue weighted by Gasteiger charge is 2.12. The van der Waals surface area contributed by atoms with Crippen LogP contribution < -0.4 is 0 Å². The standard InChI is InChI=1S/C13H24O9/c1-11(15)13(17)22-10-12(16)21-9-8-20-7-6-19-5-4-18-3-2-14/h11,14-15H,2-10H2,1H3. The van der Waals surface area contributed by atoms with Crippen molar-refractivity contribution >= 4 is 11.9 Å². The van der Waals surface area contributed by atoms with E-state index in [0.29, 0.717) is 26.4 Å². The maximum atomic E-state index is 11.1. The van der Waals surface area contributed by atoms with E-state index in [4.69, 9.17) is 29.2 Å². The van der Waals surface area contributed by atoms with Gasteiger partial charge in [-0.1, -0.05) is 0 Å². The van der Waals surface area contributed by atoms with Crippen molar-refractivity contribution in [1.29, 1.82) is 0 Å². The van der Waals surface area contributed by atoms with Gasteiger partial charge in [-0.2, -0.15) is 0 Å². The second-order valence-corrected chi connectivity index (χ2v) is 4.06. The Morgan fingerprint density at radius 3 is 1.86 bits per heavy atom. The Bertz CT molecular complexity index is 293. The van der Waals surface area contributed by atoms with E-state index in [0.717, 1.165) is 0 Å². The maximum Gasteiger partial charge on any atom is 0.344 e. The van der Waals surface area contributed by atoms with Crippen LogP contribution in [0.1, 0.15) is 6.92 Å². The van der Waals surface area contributed by atoms with Crippen LogP contribution in [0.25, 0.3) is 0 Å². The van der Waals surface area contributed by atoms with Crippen molar-refractivity contribution in [2.75, 3.05) is 59.5 Å². The summed E-state index contributed by atoms with van der Waals surface area (Å²) in [5, 5.41) is 17.3. The van der Waals surface area contributed by atoms with E-state index in [9.17, 15) is 9.59 Å². The van der Waals surface area contributed by atoms with Crippen LogP contribution in [0, 0.1) is 0 Å². The molecule has 0 bridgehead atoms. The summed E-state index contributed by atoms with van der Waals surface area (Å²) in [5.74, 6) is -1.59. The molecule has 0 aliphatic carbocycles. The summed E-state index contributed by atoms with van der Waals surface area (Å²) in [4.78, 5) is 22.0. The van der Waals surface area contributed by atoms with E-state index in [1.54, 1.807) is 0 Å². The lowest BCUT2D eigenvalue weighted by molar-refractivity contribution is -0.164. The fraction of sp³-hybridized carbons (Fsp3) is 0.846. The van der Waals surface area contributed by atoms with Gasteiger partial charge < -0.3 is 33.9 Å². The number of hydrogen-bond acceptors (Lipinski definition) is 9. The van der Waals surface area contributed by atoms with Gasteiger partial charge in [0.2, 0.25) is 0 Å². The lowest BCUT2D eigenvalue weighted by Crippen LogP contribution is -2.24. The van der Waals surface area contributed by atoms with Gasteiger partial charge in [0, 0.05) is 0 Å². The van der Waals surface area contributed by atoms with E-state index in [2.05, 4.69) is 4.74 Å². The fourth-order valence-electron chi connectivity index (χ4n) is 1.11. The second kappa shape index (κ2) is 14.7. The number of aliphatic hydroxyl groups excluding tert-OH is 2. The van der Waals surface area contributed by atoms with E-state index in [1.807, 2.05) is 0 Å². The molecule has 0 radical (unpaired) electrons. The van der Waals surface area contributed by atoms with Gasteiger partial charge in [-0.25, -0.2) is 9.59 Å². The van der Waals surface area contributed by atoms with Gasteiger partial charge in [-0.3, -0.25) is 0 Å². The number of carbonyl (C=O) groups excluding carboxylic acids is 2. The molecule has 0 aromatic heterocycles. The summed E-state index contributed by atoms with van der Waals surface area (Å²) in [5.41, 5.74) is 0. The predicted octanol–water partition coefficient (Wildman–Crippen LogP) is -1.50. The summed E-state index contributed by atoms with van der Waals surface area (Å²) in [6.07, 6.45) is -1.27. The summed E-state index contributed by atoms with van der Waals surface area (Å²) >= 11 is 0. The van der Waals surface area contributed by atoms with Gasteiger partial charge in [0.05, 0.1) is 46.2 Å². The number of ether oxygens (including phenoxy) is 5. The molecule has 9 nitrogen and oxygen atoms in total. The zero-order valence-electron chi connectivity index (χ0n) is 12.7. The summed E-state index contributed by atoms with van der Waals surface area (Å²) in [6, 6.07) is 0. The molecule has 0 heterocycles. The minimum Gasteiger partial charge on any atom is -0.461 e. The Kier molecular flexibility index (Phi) is 13.8. The molecule has 1 unspecified atom stereocenters. The van der Waals surface area contributed by atoms with Crippen LogP contribution in [0.5, 0.6) is 0 Å². The van der Waals surface area contributed by atoms with Crippen LogP contribution >= 0.6 is 0 Å². The molecule has 0 saturated heterocycles. The first-order valence-electron chi connectivity index (χ1n) is 6.92. The van der Waals surface area contributed by atoms with Crippen molar-refractivity contribution in [3.05, 3.63) is 0 Å². The molecule has 0 aliphatic rings. The third-order valence-electron chi connectivity index (χ3n) is 2.14. The van der Waals surface area contributed by atoms with E-state index in [1.165, 1.54) is 6.92 Å². The molecule has 9 heteroatoms. The average Bonchev–Trinajstić information content (AvgIpc) is 2.50. The topological polar surface area (TPSA) is 121 Å². The molecule has 0 rings (SSSR count). The number of carbonyl (C=O) groups is 2. The van der Waals surface area contributed by atoms with Crippen LogP contribution in [-0.4, -0.2) is 87.7 Å². The normalized spacial score (nSPS) is 12.0. The van der Waals surface area contributed by atoms with E-state index < -0.39 is 24.6 Å². The molecular formula is C13H24O9. The summed E-state index contributed by atoms with van der Waals surface area (Å²) in [6.45, 7) is 2.74. The second-order valence-electron chi connectivity index (χ2n) is 4.06. The highest BCUT2D eigenvalue weighted by molar-refractivity contribution is 5.78. The van der Waals surface area contributed by atoms with Crippen LogP contribution in [0.15, 0.2) is 0 Å². The van der Waals surface area contributed by atoms with Crippen molar-refractivity contribution in [1.82, 2.24) is 0 Å². The molecule has 130 valence electrons. The van der Waals surface area contributed by atoms with Gasteiger partial charge in [0.15, 0.2) is 6.61 Å². The number of rotatable bonds is 14. The third-order valence-corrected chi connectivity index (χ3v) is 2.14. The predicted molar refractivity (Wildman–Crippen MR) is 73.1 cm³/mol. The quantitative estimate of drug-likeness (QED) is 0.290. The van der Waals surface area contributed by atoms with Gasteiger partial charge >= 0.3 is 11.9 Å². The van der Waals surface area contributed by atoms with Gasteiger partial charge in [-0.15, -0.1) is 0 Å². The Hall–Kier alpha value is -1.26. The zero-order valence-corrected chi connectivity index (χ0v) is 12.7. The third kappa shape index (κ3) is 13.7. The lowest BCUT2D eigenvalue weighted by Gasteiger charge is -2.08. The van der Waals surface area contributed by atoms with Crippen molar-refractivity contribution in [2.24, 2.45) is 0 Å². The minimum absolute atomic E-state index is 0.0138. The first kappa shape index (κ1) is 20.7. The van der Waals surface area contributed by atoms with Gasteiger partial charge in [-0.05, 0) is 6.92 Å². The Labute approximate surface area is 129 Å². The minimum atomic E-state index is -1.27. The monoisotopic (exact) mass is 324 g/mol.